The van der Waals surface area contributed by atoms with E-state index in [1.54, 1.807) is 30.3 Å². The van der Waals surface area contributed by atoms with Crippen molar-refractivity contribution in [2.75, 3.05) is 5.32 Å². The molecule has 0 aromatic heterocycles. The zero-order chi connectivity index (χ0) is 20.0. The predicted octanol–water partition coefficient (Wildman–Crippen LogP) is 3.53. The van der Waals surface area contributed by atoms with Crippen LogP contribution in [0, 0.1) is 10.1 Å². The second kappa shape index (κ2) is 6.20. The molecule has 0 fully saturated rings. The molecule has 1 aliphatic carbocycles. The third kappa shape index (κ3) is 2.47. The van der Waals surface area contributed by atoms with E-state index in [1.807, 2.05) is 0 Å². The van der Waals surface area contributed by atoms with Crippen LogP contribution >= 0.6 is 0 Å². The molecule has 0 saturated carbocycles. The van der Waals surface area contributed by atoms with Gasteiger partial charge in [0.15, 0.2) is 11.5 Å². The van der Waals surface area contributed by atoms with Crippen molar-refractivity contribution in [3.63, 3.8) is 0 Å². The molecule has 3 aromatic rings. The standard InChI is InChI=1S/C20H12N2O6/c23-13-8-6-11-15(17(13)21-10-4-2-1-3-5-10)19(25)12-7-9-14(24)18(22(27)28)16(12)20(11)26/h1-9,21,23-24H. The van der Waals surface area contributed by atoms with Crippen LogP contribution in [0.15, 0.2) is 54.6 Å². The van der Waals surface area contributed by atoms with Crippen LogP contribution < -0.4 is 5.32 Å². The summed E-state index contributed by atoms with van der Waals surface area (Å²) in [6.45, 7) is 0. The van der Waals surface area contributed by atoms with Crippen molar-refractivity contribution in [3.05, 3.63) is 87.0 Å². The SMILES string of the molecule is O=C1c2ccc(O)c([N+](=O)[O-])c2C(=O)c2ccc(O)c(Nc3ccccc3)c21. The van der Waals surface area contributed by atoms with E-state index in [2.05, 4.69) is 5.32 Å². The number of nitro groups is 1. The van der Waals surface area contributed by atoms with Crippen LogP contribution in [0.3, 0.4) is 0 Å². The largest absolute Gasteiger partial charge is 0.506 e. The minimum Gasteiger partial charge on any atom is -0.506 e. The van der Waals surface area contributed by atoms with Gasteiger partial charge in [0.2, 0.25) is 5.78 Å². The fraction of sp³-hybridized carbons (Fsp3) is 0. The Morgan fingerprint density at radius 3 is 2.00 bits per heavy atom. The number of ketones is 2. The van der Waals surface area contributed by atoms with E-state index >= 15 is 0 Å². The first-order valence-electron chi connectivity index (χ1n) is 8.18. The first-order chi connectivity index (χ1) is 13.4. The molecule has 0 heterocycles. The first-order valence-corrected chi connectivity index (χ1v) is 8.18. The van der Waals surface area contributed by atoms with E-state index in [4.69, 9.17) is 0 Å². The van der Waals surface area contributed by atoms with Gasteiger partial charge in [-0.2, -0.15) is 0 Å². The lowest BCUT2D eigenvalue weighted by atomic mass is 9.82. The molecule has 8 heteroatoms. The van der Waals surface area contributed by atoms with E-state index in [0.717, 1.165) is 12.1 Å². The Hall–Kier alpha value is -4.20. The molecule has 4 rings (SSSR count). The zero-order valence-electron chi connectivity index (χ0n) is 14.2. The monoisotopic (exact) mass is 376 g/mol. The number of aromatic hydroxyl groups is 2. The lowest BCUT2D eigenvalue weighted by Crippen LogP contribution is -2.23. The molecule has 0 atom stereocenters. The van der Waals surface area contributed by atoms with E-state index in [0.29, 0.717) is 5.69 Å². The summed E-state index contributed by atoms with van der Waals surface area (Å²) in [5, 5.41) is 34.4. The van der Waals surface area contributed by atoms with Crippen molar-refractivity contribution in [2.45, 2.75) is 0 Å². The smallest absolute Gasteiger partial charge is 0.322 e. The van der Waals surface area contributed by atoms with Gasteiger partial charge in [0.1, 0.15) is 11.3 Å². The minimum absolute atomic E-state index is 0.0310. The minimum atomic E-state index is -0.895. The fourth-order valence-electron chi connectivity index (χ4n) is 3.26. The van der Waals surface area contributed by atoms with Gasteiger partial charge in [0.05, 0.1) is 16.2 Å². The highest BCUT2D eigenvalue weighted by Gasteiger charge is 2.39. The maximum Gasteiger partial charge on any atom is 0.322 e. The number of fused-ring (bicyclic) bond motifs is 2. The average molecular weight is 376 g/mol. The van der Waals surface area contributed by atoms with Crippen LogP contribution in [0.1, 0.15) is 31.8 Å². The number of phenolic OH excluding ortho intramolecular Hbond substituents is 2. The number of hydrogen-bond acceptors (Lipinski definition) is 7. The maximum atomic E-state index is 13.1. The van der Waals surface area contributed by atoms with Crippen molar-refractivity contribution in [1.82, 2.24) is 0 Å². The number of phenols is 2. The number of rotatable bonds is 3. The molecule has 0 spiro atoms. The molecular formula is C20H12N2O6. The molecule has 28 heavy (non-hydrogen) atoms. The number of carbonyl (C=O) groups excluding carboxylic acids is 2. The van der Waals surface area contributed by atoms with Gasteiger partial charge in [0, 0.05) is 16.8 Å². The van der Waals surface area contributed by atoms with Crippen molar-refractivity contribution in [2.24, 2.45) is 0 Å². The molecule has 3 aromatic carbocycles. The van der Waals surface area contributed by atoms with Crippen molar-refractivity contribution < 1.29 is 24.7 Å². The topological polar surface area (TPSA) is 130 Å². The van der Waals surface area contributed by atoms with Crippen LogP contribution in [0.5, 0.6) is 11.5 Å². The second-order valence-electron chi connectivity index (χ2n) is 6.14. The van der Waals surface area contributed by atoms with E-state index in [1.165, 1.54) is 12.1 Å². The van der Waals surface area contributed by atoms with Gasteiger partial charge in [-0.3, -0.25) is 19.7 Å². The Labute approximate surface area is 157 Å². The Kier molecular flexibility index (Phi) is 3.82. The third-order valence-electron chi connectivity index (χ3n) is 4.51. The lowest BCUT2D eigenvalue weighted by Gasteiger charge is -2.21. The number of nitro benzene ring substituents is 1. The molecule has 138 valence electrons. The van der Waals surface area contributed by atoms with Gasteiger partial charge in [-0.25, -0.2) is 0 Å². The first kappa shape index (κ1) is 17.2. The fourth-order valence-corrected chi connectivity index (χ4v) is 3.26. The molecule has 0 radical (unpaired) electrons. The lowest BCUT2D eigenvalue weighted by molar-refractivity contribution is -0.386. The maximum absolute atomic E-state index is 13.1. The Morgan fingerprint density at radius 1 is 0.786 bits per heavy atom. The summed E-state index contributed by atoms with van der Waals surface area (Å²) in [5.74, 6) is -2.39. The summed E-state index contributed by atoms with van der Waals surface area (Å²) in [4.78, 5) is 36.5. The molecule has 0 bridgehead atoms. The van der Waals surface area contributed by atoms with E-state index < -0.39 is 33.5 Å². The van der Waals surface area contributed by atoms with Gasteiger partial charge in [-0.1, -0.05) is 18.2 Å². The molecule has 0 aliphatic heterocycles. The summed E-state index contributed by atoms with van der Waals surface area (Å²) in [7, 11) is 0. The molecule has 0 saturated heterocycles. The van der Waals surface area contributed by atoms with Gasteiger partial charge in [0.25, 0.3) is 0 Å². The summed E-state index contributed by atoms with van der Waals surface area (Å²) < 4.78 is 0. The van der Waals surface area contributed by atoms with Crippen LogP contribution in [0.4, 0.5) is 17.1 Å². The van der Waals surface area contributed by atoms with Gasteiger partial charge >= 0.3 is 5.69 Å². The van der Waals surface area contributed by atoms with Gasteiger partial charge in [-0.15, -0.1) is 0 Å². The number of nitrogens with one attached hydrogen (secondary N) is 1. The summed E-state index contributed by atoms with van der Waals surface area (Å²) in [6, 6.07) is 13.4. The zero-order valence-corrected chi connectivity index (χ0v) is 14.2. The summed E-state index contributed by atoms with van der Waals surface area (Å²) in [5.41, 5.74) is -1.05. The quantitative estimate of drug-likeness (QED) is 0.283. The molecule has 0 amide bonds. The number of hydrogen-bond donors (Lipinski definition) is 3. The second-order valence-corrected chi connectivity index (χ2v) is 6.14. The summed E-state index contributed by atoms with van der Waals surface area (Å²) in [6.07, 6.45) is 0. The number of anilines is 2. The van der Waals surface area contributed by atoms with Crippen LogP contribution in [0.2, 0.25) is 0 Å². The van der Waals surface area contributed by atoms with E-state index in [9.17, 15) is 29.9 Å². The Bertz CT molecular complexity index is 1170. The summed E-state index contributed by atoms with van der Waals surface area (Å²) >= 11 is 0. The van der Waals surface area contributed by atoms with Crippen molar-refractivity contribution >= 4 is 28.6 Å². The highest BCUT2D eigenvalue weighted by Crippen LogP contribution is 2.43. The molecule has 8 nitrogen and oxygen atoms in total. The highest BCUT2D eigenvalue weighted by molar-refractivity contribution is 6.32. The number of nitrogens with zero attached hydrogens (tertiary/aromatic N) is 1. The molecule has 0 unspecified atom stereocenters. The average Bonchev–Trinajstić information content (AvgIpc) is 2.68. The Morgan fingerprint density at radius 2 is 1.36 bits per heavy atom. The van der Waals surface area contributed by atoms with Crippen LogP contribution in [-0.2, 0) is 0 Å². The predicted molar refractivity (Wildman–Crippen MR) is 99.5 cm³/mol. The number of benzene rings is 3. The van der Waals surface area contributed by atoms with E-state index in [-0.39, 0.29) is 28.1 Å². The van der Waals surface area contributed by atoms with Crippen molar-refractivity contribution in [1.29, 1.82) is 0 Å². The number of carbonyl (C=O) groups is 2. The molecule has 3 N–H and O–H groups in total. The molecule has 1 aliphatic rings. The number of para-hydroxylation sites is 1. The normalized spacial score (nSPS) is 12.3. The van der Waals surface area contributed by atoms with Gasteiger partial charge in [-0.05, 0) is 36.4 Å². The molecular weight excluding hydrogens is 364 g/mol. The Balaban J connectivity index is 1.96. The van der Waals surface area contributed by atoms with Crippen LogP contribution in [-0.4, -0.2) is 26.7 Å². The van der Waals surface area contributed by atoms with Crippen molar-refractivity contribution in [3.8, 4) is 11.5 Å². The third-order valence-corrected chi connectivity index (χ3v) is 4.51. The van der Waals surface area contributed by atoms with Crippen LogP contribution in [0.25, 0.3) is 0 Å². The van der Waals surface area contributed by atoms with Gasteiger partial charge < -0.3 is 15.5 Å². The highest BCUT2D eigenvalue weighted by atomic mass is 16.6.